The van der Waals surface area contributed by atoms with Crippen LogP contribution in [0.4, 0.5) is 24.8 Å². The minimum atomic E-state index is -4.62. The van der Waals surface area contributed by atoms with Gasteiger partial charge >= 0.3 is 6.18 Å². The van der Waals surface area contributed by atoms with Crippen LogP contribution in [0.15, 0.2) is 48.7 Å². The summed E-state index contributed by atoms with van der Waals surface area (Å²) in [5.74, 6) is 0.345. The van der Waals surface area contributed by atoms with E-state index in [2.05, 4.69) is 20.1 Å². The number of anilines is 2. The van der Waals surface area contributed by atoms with Gasteiger partial charge in [0.1, 0.15) is 5.75 Å². The summed E-state index contributed by atoms with van der Waals surface area (Å²) in [6.07, 6.45) is -0.855. The molecule has 0 aliphatic carbocycles. The molecule has 1 aliphatic heterocycles. The van der Waals surface area contributed by atoms with Gasteiger partial charge in [-0.2, -0.15) is 13.2 Å². The molecule has 1 fully saturated rings. The van der Waals surface area contributed by atoms with Crippen molar-refractivity contribution in [2.24, 2.45) is 5.73 Å². The van der Waals surface area contributed by atoms with Gasteiger partial charge in [0, 0.05) is 6.20 Å². The summed E-state index contributed by atoms with van der Waals surface area (Å²) in [5.41, 5.74) is 7.30. The number of aryl methyl sites for hydroxylation is 2. The molecule has 4 rings (SSSR count). The van der Waals surface area contributed by atoms with Crippen molar-refractivity contribution in [3.63, 3.8) is 0 Å². The summed E-state index contributed by atoms with van der Waals surface area (Å²) in [5, 5.41) is 3.01. The van der Waals surface area contributed by atoms with E-state index in [9.17, 15) is 22.8 Å². The van der Waals surface area contributed by atoms with Crippen LogP contribution in [-0.4, -0.2) is 54.5 Å². The van der Waals surface area contributed by atoms with E-state index in [1.165, 1.54) is 7.11 Å². The van der Waals surface area contributed by atoms with Crippen molar-refractivity contribution < 1.29 is 27.5 Å². The summed E-state index contributed by atoms with van der Waals surface area (Å²) < 4.78 is 46.9. The number of nitrogens with zero attached hydrogens (tertiary/aromatic N) is 3. The van der Waals surface area contributed by atoms with Gasteiger partial charge in [0.25, 0.3) is 7.41 Å². The minimum Gasteiger partial charge on any atom is -0.495 e. The van der Waals surface area contributed by atoms with E-state index in [4.69, 9.17) is 10.5 Å². The van der Waals surface area contributed by atoms with Gasteiger partial charge in [0.05, 0.1) is 36.7 Å². The molecule has 2 heterocycles. The van der Waals surface area contributed by atoms with E-state index in [0.29, 0.717) is 30.3 Å². The molecule has 2 aromatic carbocycles. The van der Waals surface area contributed by atoms with Crippen LogP contribution < -0.4 is 15.8 Å². The monoisotopic (exact) mass is 553 g/mol. The van der Waals surface area contributed by atoms with E-state index >= 15 is 0 Å². The molecule has 3 N–H and O–H groups in total. The van der Waals surface area contributed by atoms with Gasteiger partial charge in [-0.3, -0.25) is 4.79 Å². The molecule has 40 heavy (non-hydrogen) atoms. The Bertz CT molecular complexity index is 1350. The smallest absolute Gasteiger partial charge is 0.419 e. The molecule has 0 saturated carbocycles. The highest BCUT2D eigenvalue weighted by molar-refractivity contribution is 6.64. The largest absolute Gasteiger partial charge is 0.495 e. The Morgan fingerprint density at radius 2 is 1.90 bits per heavy atom. The number of halogens is 3. The number of benzene rings is 2. The molecular formula is C28H31BF3N5O3. The number of hydrogen-bond donors (Lipinski definition) is 2. The molecule has 0 atom stereocenters. The summed E-state index contributed by atoms with van der Waals surface area (Å²) in [6.45, 7) is 1.67. The molecule has 1 aliphatic rings. The number of hydrogen-bond acceptors (Lipinski definition) is 7. The van der Waals surface area contributed by atoms with Crippen LogP contribution in [0.2, 0.25) is 0 Å². The SMILES string of the molecule is COc1cc(C2CCN(BC=O)CC2)ccc1Nc1ncc(C(F)(F)F)c(CCc2ccccc2CC(N)=O)n1. The number of carbonyl (C=O) groups is 2. The van der Waals surface area contributed by atoms with Crippen molar-refractivity contribution >= 4 is 31.1 Å². The Hall–Kier alpha value is -3.93. The second-order valence-corrected chi connectivity index (χ2v) is 9.79. The number of nitrogens with two attached hydrogens (primary N) is 1. The van der Waals surface area contributed by atoms with E-state index in [1.54, 1.807) is 24.3 Å². The fraction of sp³-hybridized carbons (Fsp3) is 0.357. The molecule has 0 spiro atoms. The number of piperidine rings is 1. The Morgan fingerprint density at radius 3 is 2.55 bits per heavy atom. The predicted molar refractivity (Wildman–Crippen MR) is 148 cm³/mol. The molecule has 1 aromatic heterocycles. The maximum atomic E-state index is 13.8. The number of rotatable bonds is 11. The number of alkyl halides is 3. The van der Waals surface area contributed by atoms with Gasteiger partial charge in [-0.25, -0.2) is 9.97 Å². The zero-order valence-electron chi connectivity index (χ0n) is 22.2. The van der Waals surface area contributed by atoms with Crippen LogP contribution in [0.1, 0.15) is 46.7 Å². The van der Waals surface area contributed by atoms with E-state index < -0.39 is 17.6 Å². The first-order chi connectivity index (χ1) is 19.2. The number of aromatic nitrogens is 2. The Kier molecular flexibility index (Phi) is 9.41. The predicted octanol–water partition coefficient (Wildman–Crippen LogP) is 3.78. The van der Waals surface area contributed by atoms with Crippen LogP contribution in [0.25, 0.3) is 0 Å². The van der Waals surface area contributed by atoms with Gasteiger partial charge in [-0.05, 0) is 73.5 Å². The summed E-state index contributed by atoms with van der Waals surface area (Å²) in [7, 11) is 1.97. The zero-order chi connectivity index (χ0) is 28.7. The Labute approximate surface area is 231 Å². The number of primary amides is 1. The zero-order valence-corrected chi connectivity index (χ0v) is 22.2. The number of methoxy groups -OCH3 is 1. The van der Waals surface area contributed by atoms with Crippen molar-refractivity contribution in [1.82, 2.24) is 14.8 Å². The first-order valence-electron chi connectivity index (χ1n) is 13.1. The second-order valence-electron chi connectivity index (χ2n) is 9.79. The third-order valence-corrected chi connectivity index (χ3v) is 7.15. The van der Waals surface area contributed by atoms with Gasteiger partial charge in [0.2, 0.25) is 11.9 Å². The Morgan fingerprint density at radius 1 is 1.18 bits per heavy atom. The molecule has 1 saturated heterocycles. The average Bonchev–Trinajstić information content (AvgIpc) is 2.92. The third kappa shape index (κ3) is 7.38. The standard InChI is InChI=1S/C28H31BF3N5O3/c1-40-25-14-21(19-10-12-37(13-11-19)29-17-38)7-9-24(25)36-27-34-16-22(28(30,31)32)23(35-27)8-6-18-4-2-3-5-20(18)15-26(33)39/h2-5,7,9,14,16-17,19,29H,6,8,10-13,15H2,1H3,(H2,33,39)(H,34,35,36). The van der Waals surface area contributed by atoms with Gasteiger partial charge in [0.15, 0.2) is 0 Å². The van der Waals surface area contributed by atoms with Gasteiger partial charge in [-0.1, -0.05) is 30.3 Å². The average molecular weight is 553 g/mol. The van der Waals surface area contributed by atoms with E-state index in [0.717, 1.165) is 49.4 Å². The molecule has 3 aromatic rings. The minimum absolute atomic E-state index is 0.00648. The topological polar surface area (TPSA) is 110 Å². The molecule has 8 nitrogen and oxygen atoms in total. The number of nitrogens with one attached hydrogen (secondary N) is 1. The number of amides is 1. The molecule has 0 radical (unpaired) electrons. The molecule has 210 valence electrons. The van der Waals surface area contributed by atoms with Crippen molar-refractivity contribution in [3.8, 4) is 5.75 Å². The number of ether oxygens (including phenoxy) is 1. The number of carbonyl (C=O) groups excluding carboxylic acids is 2. The van der Waals surface area contributed by atoms with Crippen LogP contribution >= 0.6 is 0 Å². The lowest BCUT2D eigenvalue weighted by atomic mass is 9.84. The molecule has 1 amide bonds. The lowest BCUT2D eigenvalue weighted by Gasteiger charge is -2.31. The maximum absolute atomic E-state index is 13.8. The third-order valence-electron chi connectivity index (χ3n) is 7.15. The molecule has 0 bridgehead atoms. The van der Waals surface area contributed by atoms with E-state index in [1.807, 2.05) is 18.2 Å². The van der Waals surface area contributed by atoms with Crippen LogP contribution in [0, 0.1) is 0 Å². The van der Waals surface area contributed by atoms with Crippen LogP contribution in [0.3, 0.4) is 0 Å². The maximum Gasteiger partial charge on any atom is 0.419 e. The highest BCUT2D eigenvalue weighted by Crippen LogP contribution is 2.36. The second kappa shape index (κ2) is 13.0. The Balaban J connectivity index is 1.53. The quantitative estimate of drug-likeness (QED) is 0.275. The fourth-order valence-corrected chi connectivity index (χ4v) is 5.06. The first-order valence-corrected chi connectivity index (χ1v) is 13.1. The van der Waals surface area contributed by atoms with Gasteiger partial charge < -0.3 is 25.4 Å². The van der Waals surface area contributed by atoms with E-state index in [-0.39, 0.29) is 30.9 Å². The van der Waals surface area contributed by atoms with Crippen molar-refractivity contribution in [2.75, 3.05) is 25.5 Å². The van der Waals surface area contributed by atoms with Crippen molar-refractivity contribution in [2.45, 2.75) is 44.2 Å². The fourth-order valence-electron chi connectivity index (χ4n) is 5.06. The summed E-state index contributed by atoms with van der Waals surface area (Å²) >= 11 is 0. The van der Waals surface area contributed by atoms with Crippen LogP contribution in [0.5, 0.6) is 5.75 Å². The highest BCUT2D eigenvalue weighted by Gasteiger charge is 2.35. The summed E-state index contributed by atoms with van der Waals surface area (Å²) in [4.78, 5) is 32.5. The lowest BCUT2D eigenvalue weighted by Crippen LogP contribution is -2.36. The van der Waals surface area contributed by atoms with Crippen LogP contribution in [-0.2, 0) is 35.0 Å². The van der Waals surface area contributed by atoms with Crippen molar-refractivity contribution in [1.29, 1.82) is 0 Å². The first kappa shape index (κ1) is 29.1. The normalized spacial score (nSPS) is 14.5. The summed E-state index contributed by atoms with van der Waals surface area (Å²) in [6, 6.07) is 12.7. The van der Waals surface area contributed by atoms with Crippen molar-refractivity contribution in [3.05, 3.63) is 76.6 Å². The molecule has 12 heteroatoms. The molecule has 0 unspecified atom stereocenters. The van der Waals surface area contributed by atoms with Gasteiger partial charge in [-0.15, -0.1) is 0 Å². The molecular weight excluding hydrogens is 522 g/mol. The highest BCUT2D eigenvalue weighted by atomic mass is 19.4. The lowest BCUT2D eigenvalue weighted by molar-refractivity contribution is -0.138.